The van der Waals surface area contributed by atoms with Crippen LogP contribution in [0.2, 0.25) is 0 Å². The molecule has 0 aromatic heterocycles. The molecule has 0 amide bonds. The molecule has 0 radical (unpaired) electrons. The van der Waals surface area contributed by atoms with E-state index in [9.17, 15) is 0 Å². The molecule has 3 fully saturated rings. The van der Waals surface area contributed by atoms with Gasteiger partial charge in [0.1, 0.15) is 0 Å². The molecular weight excluding hydrogens is 188 g/mol. The molecule has 2 heteroatoms. The van der Waals surface area contributed by atoms with E-state index in [1.807, 2.05) is 0 Å². The largest absolute Gasteiger partial charge is 0.347 e. The first-order valence-corrected chi connectivity index (χ1v) is 6.65. The fourth-order valence-electron chi connectivity index (χ4n) is 3.69. The Morgan fingerprint density at radius 1 is 0.933 bits per heavy atom. The van der Waals surface area contributed by atoms with Gasteiger partial charge in [0, 0.05) is 18.8 Å². The molecule has 0 aromatic rings. The SMILES string of the molecule is CC1OC2(CCCC2)OC2CCCCC12. The molecule has 15 heavy (non-hydrogen) atoms. The van der Waals surface area contributed by atoms with Crippen molar-refractivity contribution in [2.75, 3.05) is 0 Å². The Morgan fingerprint density at radius 3 is 2.47 bits per heavy atom. The third-order valence-electron chi connectivity index (χ3n) is 4.49. The molecule has 2 saturated carbocycles. The maximum absolute atomic E-state index is 6.29. The summed E-state index contributed by atoms with van der Waals surface area (Å²) in [6, 6.07) is 0. The minimum absolute atomic E-state index is 0.169. The molecule has 3 aliphatic rings. The molecule has 3 rings (SSSR count). The van der Waals surface area contributed by atoms with E-state index in [0.29, 0.717) is 18.1 Å². The van der Waals surface area contributed by atoms with Gasteiger partial charge in [-0.1, -0.05) is 12.8 Å². The van der Waals surface area contributed by atoms with Crippen LogP contribution in [-0.4, -0.2) is 18.0 Å². The van der Waals surface area contributed by atoms with Crippen LogP contribution in [0, 0.1) is 5.92 Å². The lowest BCUT2D eigenvalue weighted by Crippen LogP contribution is -2.52. The molecule has 86 valence electrons. The molecule has 1 aliphatic heterocycles. The van der Waals surface area contributed by atoms with E-state index in [2.05, 4.69) is 6.92 Å². The highest BCUT2D eigenvalue weighted by atomic mass is 16.7. The third kappa shape index (κ3) is 1.72. The Bertz CT molecular complexity index is 233. The van der Waals surface area contributed by atoms with Crippen LogP contribution in [-0.2, 0) is 9.47 Å². The lowest BCUT2D eigenvalue weighted by atomic mass is 9.81. The van der Waals surface area contributed by atoms with Crippen LogP contribution < -0.4 is 0 Å². The van der Waals surface area contributed by atoms with Gasteiger partial charge in [-0.25, -0.2) is 0 Å². The van der Waals surface area contributed by atoms with Crippen LogP contribution in [0.4, 0.5) is 0 Å². The maximum Gasteiger partial charge on any atom is 0.169 e. The van der Waals surface area contributed by atoms with Crippen molar-refractivity contribution in [1.82, 2.24) is 0 Å². The smallest absolute Gasteiger partial charge is 0.169 e. The highest BCUT2D eigenvalue weighted by Gasteiger charge is 2.48. The molecule has 1 saturated heterocycles. The van der Waals surface area contributed by atoms with E-state index in [0.717, 1.165) is 12.8 Å². The topological polar surface area (TPSA) is 18.5 Å². The number of hydrogen-bond acceptors (Lipinski definition) is 2. The Kier molecular flexibility index (Phi) is 2.52. The standard InChI is InChI=1S/C13H22O2/c1-10-11-6-2-3-7-12(11)15-13(14-10)8-4-5-9-13/h10-12H,2-9H2,1H3. The van der Waals surface area contributed by atoms with Gasteiger partial charge in [0.2, 0.25) is 0 Å². The van der Waals surface area contributed by atoms with E-state index in [1.165, 1.54) is 38.5 Å². The average Bonchev–Trinajstić information content (AvgIpc) is 2.66. The molecule has 1 heterocycles. The van der Waals surface area contributed by atoms with Gasteiger partial charge in [0.25, 0.3) is 0 Å². The fraction of sp³-hybridized carbons (Fsp3) is 1.00. The minimum atomic E-state index is -0.169. The molecule has 1 spiro atoms. The summed E-state index contributed by atoms with van der Waals surface area (Å²) >= 11 is 0. The first-order valence-electron chi connectivity index (χ1n) is 6.65. The summed E-state index contributed by atoms with van der Waals surface area (Å²) < 4.78 is 12.5. The summed E-state index contributed by atoms with van der Waals surface area (Å²) in [5, 5.41) is 0. The second-order valence-corrected chi connectivity index (χ2v) is 5.55. The number of rotatable bonds is 0. The van der Waals surface area contributed by atoms with Gasteiger partial charge in [0.05, 0.1) is 12.2 Å². The van der Waals surface area contributed by atoms with Crippen molar-refractivity contribution in [1.29, 1.82) is 0 Å². The Labute approximate surface area is 92.3 Å². The zero-order valence-electron chi connectivity index (χ0n) is 9.71. The predicted octanol–water partition coefficient (Wildman–Crippen LogP) is 3.25. The van der Waals surface area contributed by atoms with Crippen molar-refractivity contribution < 1.29 is 9.47 Å². The summed E-state index contributed by atoms with van der Waals surface area (Å²) in [6.07, 6.45) is 11.0. The van der Waals surface area contributed by atoms with Gasteiger partial charge in [-0.05, 0) is 32.6 Å². The van der Waals surface area contributed by atoms with Crippen LogP contribution in [0.25, 0.3) is 0 Å². The molecule has 3 atom stereocenters. The highest BCUT2D eigenvalue weighted by molar-refractivity contribution is 4.90. The van der Waals surface area contributed by atoms with Crippen molar-refractivity contribution in [2.45, 2.75) is 76.3 Å². The highest BCUT2D eigenvalue weighted by Crippen LogP contribution is 2.45. The summed E-state index contributed by atoms with van der Waals surface area (Å²) in [5.41, 5.74) is 0. The quantitative estimate of drug-likeness (QED) is 0.611. The zero-order valence-corrected chi connectivity index (χ0v) is 9.71. The Hall–Kier alpha value is -0.0800. The summed E-state index contributed by atoms with van der Waals surface area (Å²) in [4.78, 5) is 0. The first-order chi connectivity index (χ1) is 7.29. The van der Waals surface area contributed by atoms with E-state index in [-0.39, 0.29) is 5.79 Å². The summed E-state index contributed by atoms with van der Waals surface area (Å²) in [6.45, 7) is 2.26. The monoisotopic (exact) mass is 210 g/mol. The molecular formula is C13H22O2. The van der Waals surface area contributed by atoms with Gasteiger partial charge in [-0.2, -0.15) is 0 Å². The minimum Gasteiger partial charge on any atom is -0.347 e. The molecule has 2 aliphatic carbocycles. The van der Waals surface area contributed by atoms with Crippen LogP contribution in [0.3, 0.4) is 0 Å². The van der Waals surface area contributed by atoms with Gasteiger partial charge >= 0.3 is 0 Å². The van der Waals surface area contributed by atoms with E-state index in [1.54, 1.807) is 0 Å². The first kappa shape index (κ1) is 10.1. The normalized spacial score (nSPS) is 44.2. The van der Waals surface area contributed by atoms with Crippen LogP contribution >= 0.6 is 0 Å². The van der Waals surface area contributed by atoms with Gasteiger partial charge in [-0.15, -0.1) is 0 Å². The van der Waals surface area contributed by atoms with Crippen molar-refractivity contribution in [3.63, 3.8) is 0 Å². The van der Waals surface area contributed by atoms with E-state index < -0.39 is 0 Å². The molecule has 0 aromatic carbocycles. The van der Waals surface area contributed by atoms with Crippen LogP contribution in [0.5, 0.6) is 0 Å². The Morgan fingerprint density at radius 2 is 1.67 bits per heavy atom. The van der Waals surface area contributed by atoms with Gasteiger partial charge in [0.15, 0.2) is 5.79 Å². The lowest BCUT2D eigenvalue weighted by molar-refractivity contribution is -0.336. The third-order valence-corrected chi connectivity index (χ3v) is 4.49. The molecule has 3 unspecified atom stereocenters. The van der Waals surface area contributed by atoms with Crippen LogP contribution in [0.1, 0.15) is 58.3 Å². The Balaban J connectivity index is 1.76. The molecule has 2 nitrogen and oxygen atoms in total. The molecule has 0 bridgehead atoms. The van der Waals surface area contributed by atoms with Crippen LogP contribution in [0.15, 0.2) is 0 Å². The molecule has 0 N–H and O–H groups in total. The van der Waals surface area contributed by atoms with Gasteiger partial charge < -0.3 is 9.47 Å². The second kappa shape index (κ2) is 3.74. The maximum atomic E-state index is 6.29. The summed E-state index contributed by atoms with van der Waals surface area (Å²) in [7, 11) is 0. The zero-order chi connectivity index (χ0) is 10.3. The lowest BCUT2D eigenvalue weighted by Gasteiger charge is -2.48. The van der Waals surface area contributed by atoms with Crippen molar-refractivity contribution >= 4 is 0 Å². The van der Waals surface area contributed by atoms with Crippen molar-refractivity contribution in [3.05, 3.63) is 0 Å². The average molecular weight is 210 g/mol. The van der Waals surface area contributed by atoms with E-state index >= 15 is 0 Å². The number of ether oxygens (including phenoxy) is 2. The number of fused-ring (bicyclic) bond motifs is 1. The summed E-state index contributed by atoms with van der Waals surface area (Å²) in [5.74, 6) is 0.503. The van der Waals surface area contributed by atoms with E-state index in [4.69, 9.17) is 9.47 Å². The second-order valence-electron chi connectivity index (χ2n) is 5.55. The van der Waals surface area contributed by atoms with Gasteiger partial charge in [-0.3, -0.25) is 0 Å². The predicted molar refractivity (Wildman–Crippen MR) is 58.6 cm³/mol. The fourth-order valence-corrected chi connectivity index (χ4v) is 3.69. The van der Waals surface area contributed by atoms with Crippen molar-refractivity contribution in [3.8, 4) is 0 Å². The number of hydrogen-bond donors (Lipinski definition) is 0. The van der Waals surface area contributed by atoms with Crippen molar-refractivity contribution in [2.24, 2.45) is 5.92 Å².